The first-order valence-electron chi connectivity index (χ1n) is 4.09. The Hall–Kier alpha value is -1.34. The van der Waals surface area contributed by atoms with Crippen molar-refractivity contribution in [2.24, 2.45) is 5.73 Å². The van der Waals surface area contributed by atoms with Crippen molar-refractivity contribution in [2.45, 2.75) is 19.0 Å². The lowest BCUT2D eigenvalue weighted by Gasteiger charge is -2.17. The average Bonchev–Trinajstić information content (AvgIpc) is 2.12. The van der Waals surface area contributed by atoms with Crippen molar-refractivity contribution < 1.29 is 19.8 Å². The van der Waals surface area contributed by atoms with E-state index < -0.39 is 24.0 Å². The van der Waals surface area contributed by atoms with Gasteiger partial charge in [0, 0.05) is 0 Å². The van der Waals surface area contributed by atoms with Crippen LogP contribution in [0.3, 0.4) is 0 Å². The Labute approximate surface area is 81.3 Å². The molecule has 0 heterocycles. The van der Waals surface area contributed by atoms with E-state index in [1.807, 2.05) is 0 Å². The van der Waals surface area contributed by atoms with Crippen LogP contribution in [0.4, 0.5) is 4.79 Å². The Morgan fingerprint density at radius 3 is 2.14 bits per heavy atom. The minimum absolute atomic E-state index is 0.370. The lowest BCUT2D eigenvalue weighted by molar-refractivity contribution is -0.123. The Bertz CT molecular complexity index is 205. The molecule has 0 fully saturated rings. The summed E-state index contributed by atoms with van der Waals surface area (Å²) in [4.78, 5) is 21.6. The number of hydrogen-bond acceptors (Lipinski definition) is 4. The number of urea groups is 1. The molecule has 0 saturated carbocycles. The topological polar surface area (TPSA) is 125 Å². The van der Waals surface area contributed by atoms with Gasteiger partial charge in [0.1, 0.15) is 6.04 Å². The standard InChI is InChI=1S/C7H15N3O4/c1-4(9-7(8)14)6(13)10-5(2-11)3-12/h4-5,11-12H,2-3H2,1H3,(H,10,13)(H3,8,9,14). The average molecular weight is 205 g/mol. The zero-order chi connectivity index (χ0) is 11.1. The fourth-order valence-electron chi connectivity index (χ4n) is 0.754. The van der Waals surface area contributed by atoms with Gasteiger partial charge in [-0.1, -0.05) is 0 Å². The van der Waals surface area contributed by atoms with Gasteiger partial charge in [0.05, 0.1) is 19.3 Å². The van der Waals surface area contributed by atoms with E-state index in [2.05, 4.69) is 10.6 Å². The molecule has 0 aromatic heterocycles. The molecule has 7 heteroatoms. The molecule has 0 saturated heterocycles. The van der Waals surface area contributed by atoms with Crippen molar-refractivity contribution in [3.05, 3.63) is 0 Å². The normalized spacial score (nSPS) is 12.3. The van der Waals surface area contributed by atoms with Crippen LogP contribution in [0.1, 0.15) is 6.92 Å². The molecule has 0 aliphatic heterocycles. The number of nitrogens with two attached hydrogens (primary N) is 1. The number of rotatable bonds is 5. The second-order valence-corrected chi connectivity index (χ2v) is 2.80. The van der Waals surface area contributed by atoms with Gasteiger partial charge in [0.25, 0.3) is 0 Å². The van der Waals surface area contributed by atoms with E-state index in [-0.39, 0.29) is 13.2 Å². The first-order valence-corrected chi connectivity index (χ1v) is 4.09. The van der Waals surface area contributed by atoms with E-state index in [9.17, 15) is 9.59 Å². The number of amides is 3. The second kappa shape index (κ2) is 6.17. The predicted molar refractivity (Wildman–Crippen MR) is 48.3 cm³/mol. The third-order valence-corrected chi connectivity index (χ3v) is 1.54. The summed E-state index contributed by atoms with van der Waals surface area (Å²) in [6, 6.07) is -2.33. The van der Waals surface area contributed by atoms with Gasteiger partial charge in [-0.15, -0.1) is 0 Å². The molecule has 0 bridgehead atoms. The molecule has 14 heavy (non-hydrogen) atoms. The monoisotopic (exact) mass is 205 g/mol. The zero-order valence-electron chi connectivity index (χ0n) is 7.86. The summed E-state index contributed by atoms with van der Waals surface area (Å²) in [5, 5.41) is 21.8. The van der Waals surface area contributed by atoms with Crippen LogP contribution in [0, 0.1) is 0 Å². The van der Waals surface area contributed by atoms with Crippen LogP contribution in [0.2, 0.25) is 0 Å². The molecule has 7 nitrogen and oxygen atoms in total. The maximum Gasteiger partial charge on any atom is 0.312 e. The fraction of sp³-hybridized carbons (Fsp3) is 0.714. The summed E-state index contributed by atoms with van der Waals surface area (Å²) in [5.74, 6) is -0.517. The summed E-state index contributed by atoms with van der Waals surface area (Å²) in [6.45, 7) is 0.697. The summed E-state index contributed by atoms with van der Waals surface area (Å²) >= 11 is 0. The van der Waals surface area contributed by atoms with Crippen molar-refractivity contribution in [3.63, 3.8) is 0 Å². The minimum atomic E-state index is -0.808. The Balaban J connectivity index is 3.99. The van der Waals surface area contributed by atoms with Crippen LogP contribution in [0.5, 0.6) is 0 Å². The maximum atomic E-state index is 11.2. The molecule has 0 spiro atoms. The van der Waals surface area contributed by atoms with Crippen molar-refractivity contribution in [3.8, 4) is 0 Å². The number of aliphatic hydroxyl groups excluding tert-OH is 2. The number of hydrogen-bond donors (Lipinski definition) is 5. The van der Waals surface area contributed by atoms with Gasteiger partial charge >= 0.3 is 6.03 Å². The summed E-state index contributed by atoms with van der Waals surface area (Å²) in [6.07, 6.45) is 0. The molecule has 1 unspecified atom stereocenters. The highest BCUT2D eigenvalue weighted by Crippen LogP contribution is 1.85. The Kier molecular flexibility index (Phi) is 5.58. The fourth-order valence-corrected chi connectivity index (χ4v) is 0.754. The van der Waals surface area contributed by atoms with E-state index in [1.165, 1.54) is 6.92 Å². The third-order valence-electron chi connectivity index (χ3n) is 1.54. The van der Waals surface area contributed by atoms with Gasteiger partial charge in [0.2, 0.25) is 5.91 Å². The molecule has 82 valence electrons. The molecule has 0 rings (SSSR count). The number of carbonyl (C=O) groups is 2. The van der Waals surface area contributed by atoms with Crippen LogP contribution >= 0.6 is 0 Å². The van der Waals surface area contributed by atoms with Gasteiger partial charge in [-0.2, -0.15) is 0 Å². The largest absolute Gasteiger partial charge is 0.394 e. The second-order valence-electron chi connectivity index (χ2n) is 2.80. The molecule has 0 radical (unpaired) electrons. The predicted octanol–water partition coefficient (Wildman–Crippen LogP) is -2.49. The van der Waals surface area contributed by atoms with Crippen molar-refractivity contribution in [1.82, 2.24) is 10.6 Å². The Morgan fingerprint density at radius 1 is 1.29 bits per heavy atom. The molecular formula is C7H15N3O4. The van der Waals surface area contributed by atoms with Gasteiger partial charge in [-0.05, 0) is 6.92 Å². The van der Waals surface area contributed by atoms with Crippen LogP contribution < -0.4 is 16.4 Å². The molecule has 6 N–H and O–H groups in total. The number of aliphatic hydroxyl groups is 2. The smallest absolute Gasteiger partial charge is 0.312 e. The molecule has 0 aromatic rings. The molecule has 0 aliphatic rings. The van der Waals surface area contributed by atoms with E-state index in [1.54, 1.807) is 0 Å². The van der Waals surface area contributed by atoms with Crippen molar-refractivity contribution in [2.75, 3.05) is 13.2 Å². The highest BCUT2D eigenvalue weighted by atomic mass is 16.3. The number of primary amides is 1. The summed E-state index contributed by atoms with van der Waals surface area (Å²) in [5.41, 5.74) is 4.80. The van der Waals surface area contributed by atoms with Crippen molar-refractivity contribution in [1.29, 1.82) is 0 Å². The molecule has 1 atom stereocenters. The molecular weight excluding hydrogens is 190 g/mol. The van der Waals surface area contributed by atoms with Crippen LogP contribution in [-0.2, 0) is 4.79 Å². The molecule has 0 aromatic carbocycles. The van der Waals surface area contributed by atoms with Gasteiger partial charge < -0.3 is 26.6 Å². The van der Waals surface area contributed by atoms with E-state index >= 15 is 0 Å². The minimum Gasteiger partial charge on any atom is -0.394 e. The zero-order valence-corrected chi connectivity index (χ0v) is 7.86. The van der Waals surface area contributed by atoms with Gasteiger partial charge in [0.15, 0.2) is 0 Å². The van der Waals surface area contributed by atoms with E-state index in [0.29, 0.717) is 0 Å². The summed E-state index contributed by atoms with van der Waals surface area (Å²) in [7, 11) is 0. The Morgan fingerprint density at radius 2 is 1.79 bits per heavy atom. The highest BCUT2D eigenvalue weighted by Gasteiger charge is 2.17. The third kappa shape index (κ3) is 4.63. The number of nitrogens with one attached hydrogen (secondary N) is 2. The lowest BCUT2D eigenvalue weighted by Crippen LogP contribution is -2.51. The van der Waals surface area contributed by atoms with Crippen LogP contribution in [-0.4, -0.2) is 47.4 Å². The van der Waals surface area contributed by atoms with E-state index in [0.717, 1.165) is 0 Å². The number of carbonyl (C=O) groups excluding carboxylic acids is 2. The van der Waals surface area contributed by atoms with Crippen LogP contribution in [0.15, 0.2) is 0 Å². The lowest BCUT2D eigenvalue weighted by atomic mass is 10.2. The highest BCUT2D eigenvalue weighted by molar-refractivity contribution is 5.86. The van der Waals surface area contributed by atoms with E-state index in [4.69, 9.17) is 15.9 Å². The SMILES string of the molecule is CC(NC(N)=O)C(=O)NC(CO)CO. The van der Waals surface area contributed by atoms with Crippen molar-refractivity contribution >= 4 is 11.9 Å². The first-order chi connectivity index (χ1) is 6.51. The summed E-state index contributed by atoms with van der Waals surface area (Å²) < 4.78 is 0. The molecule has 3 amide bonds. The maximum absolute atomic E-state index is 11.2. The molecule has 0 aliphatic carbocycles. The van der Waals surface area contributed by atoms with Gasteiger partial charge in [-0.3, -0.25) is 4.79 Å². The quantitative estimate of drug-likeness (QED) is 0.340. The van der Waals surface area contributed by atoms with Crippen LogP contribution in [0.25, 0.3) is 0 Å². The first kappa shape index (κ1) is 12.7. The van der Waals surface area contributed by atoms with Gasteiger partial charge in [-0.25, -0.2) is 4.79 Å².